The molecule has 1 aliphatic heterocycles. The van der Waals surface area contributed by atoms with Gasteiger partial charge in [0.25, 0.3) is 0 Å². The van der Waals surface area contributed by atoms with Crippen LogP contribution in [0.5, 0.6) is 11.5 Å². The first-order valence-electron chi connectivity index (χ1n) is 7.67. The number of ketones is 1. The lowest BCUT2D eigenvalue weighted by Crippen LogP contribution is -2.28. The highest BCUT2D eigenvalue weighted by Gasteiger charge is 2.22. The van der Waals surface area contributed by atoms with E-state index < -0.39 is 0 Å². The van der Waals surface area contributed by atoms with Gasteiger partial charge in [0.1, 0.15) is 5.78 Å². The molecule has 1 unspecified atom stereocenters. The van der Waals surface area contributed by atoms with Crippen LogP contribution in [0.15, 0.2) is 18.2 Å². The van der Waals surface area contributed by atoms with Gasteiger partial charge in [0.2, 0.25) is 0 Å². The molecule has 1 saturated heterocycles. The summed E-state index contributed by atoms with van der Waals surface area (Å²) in [7, 11) is 1.55. The van der Waals surface area contributed by atoms with Crippen molar-refractivity contribution in [1.29, 1.82) is 0 Å². The van der Waals surface area contributed by atoms with E-state index in [1.54, 1.807) is 20.1 Å². The normalized spacial score (nSPS) is 17.4. The van der Waals surface area contributed by atoms with Crippen molar-refractivity contribution in [3.05, 3.63) is 23.8 Å². The van der Waals surface area contributed by atoms with Crippen LogP contribution in [0.2, 0.25) is 0 Å². The van der Waals surface area contributed by atoms with Gasteiger partial charge in [0.15, 0.2) is 11.5 Å². The molecule has 1 aromatic rings. The van der Waals surface area contributed by atoms with E-state index in [0.717, 1.165) is 25.1 Å². The monoisotopic (exact) mass is 291 g/mol. The Bertz CT molecular complexity index is 481. The highest BCUT2D eigenvalue weighted by molar-refractivity contribution is 5.76. The largest absolute Gasteiger partial charge is 0.504 e. The molecule has 0 bridgehead atoms. The van der Waals surface area contributed by atoms with Crippen molar-refractivity contribution in [3.8, 4) is 11.5 Å². The van der Waals surface area contributed by atoms with E-state index in [-0.39, 0.29) is 17.5 Å². The van der Waals surface area contributed by atoms with Crippen molar-refractivity contribution in [3.63, 3.8) is 0 Å². The summed E-state index contributed by atoms with van der Waals surface area (Å²) in [5.41, 5.74) is 1.08. The second-order valence-corrected chi connectivity index (χ2v) is 5.96. The number of methoxy groups -OCH3 is 1. The Balaban J connectivity index is 2.16. The molecule has 4 heteroatoms. The number of benzene rings is 1. The summed E-state index contributed by atoms with van der Waals surface area (Å²) in [6.07, 6.45) is 3.92. The third-order valence-electron chi connectivity index (χ3n) is 4.29. The number of hydrogen-bond donors (Lipinski definition) is 2. The van der Waals surface area contributed by atoms with Gasteiger partial charge in [0.05, 0.1) is 7.11 Å². The number of phenolic OH excluding ortho intramolecular Hbond substituents is 1. The lowest BCUT2D eigenvalue weighted by atomic mass is 9.82. The molecule has 0 spiro atoms. The Hall–Kier alpha value is -1.55. The zero-order chi connectivity index (χ0) is 15.2. The summed E-state index contributed by atoms with van der Waals surface area (Å²) in [5, 5.41) is 13.1. The molecule has 116 valence electrons. The first-order valence-corrected chi connectivity index (χ1v) is 7.67. The quantitative estimate of drug-likeness (QED) is 0.846. The molecule has 2 N–H and O–H groups in total. The van der Waals surface area contributed by atoms with Gasteiger partial charge in [-0.25, -0.2) is 0 Å². The summed E-state index contributed by atoms with van der Waals surface area (Å²) < 4.78 is 5.19. The number of carbonyl (C=O) groups excluding carboxylic acids is 1. The maximum atomic E-state index is 11.6. The van der Waals surface area contributed by atoms with E-state index in [1.165, 1.54) is 12.8 Å². The molecule has 1 heterocycles. The molecule has 1 atom stereocenters. The van der Waals surface area contributed by atoms with Crippen LogP contribution in [0.25, 0.3) is 0 Å². The Morgan fingerprint density at radius 2 is 2.14 bits per heavy atom. The van der Waals surface area contributed by atoms with Crippen LogP contribution in [0.1, 0.15) is 44.1 Å². The van der Waals surface area contributed by atoms with Crippen molar-refractivity contribution in [2.45, 2.75) is 38.5 Å². The van der Waals surface area contributed by atoms with Crippen molar-refractivity contribution < 1.29 is 14.6 Å². The second kappa shape index (κ2) is 7.46. The minimum Gasteiger partial charge on any atom is -0.504 e. The zero-order valence-corrected chi connectivity index (χ0v) is 12.9. The number of rotatable bonds is 6. The molecule has 0 amide bonds. The van der Waals surface area contributed by atoms with Gasteiger partial charge in [-0.15, -0.1) is 0 Å². The maximum Gasteiger partial charge on any atom is 0.160 e. The molecule has 1 aromatic carbocycles. The molecule has 1 fully saturated rings. The van der Waals surface area contributed by atoms with Crippen LogP contribution in [0, 0.1) is 5.92 Å². The summed E-state index contributed by atoms with van der Waals surface area (Å²) in [6, 6.07) is 5.43. The zero-order valence-electron chi connectivity index (χ0n) is 12.9. The minimum absolute atomic E-state index is 0.143. The molecule has 0 aliphatic carbocycles. The average Bonchev–Trinajstić information content (AvgIpc) is 2.48. The van der Waals surface area contributed by atoms with E-state index in [9.17, 15) is 9.90 Å². The lowest BCUT2D eigenvalue weighted by Gasteiger charge is -2.27. The van der Waals surface area contributed by atoms with Gasteiger partial charge < -0.3 is 20.0 Å². The van der Waals surface area contributed by atoms with Crippen molar-refractivity contribution in [2.75, 3.05) is 20.2 Å². The van der Waals surface area contributed by atoms with Crippen LogP contribution in [-0.4, -0.2) is 31.1 Å². The van der Waals surface area contributed by atoms with E-state index in [4.69, 9.17) is 4.74 Å². The number of carbonyl (C=O) groups is 1. The van der Waals surface area contributed by atoms with Crippen LogP contribution in [-0.2, 0) is 4.79 Å². The standard InChI is InChI=1S/C17H25NO3/c1-12(19)9-15(10-13-5-7-18-8-6-13)14-3-4-16(20)17(11-14)21-2/h3-4,11,13,15,18,20H,5-10H2,1-2H3. The number of Topliss-reactive ketones (excluding diaryl/α,β-unsaturated/α-hetero) is 1. The number of phenols is 1. The predicted molar refractivity (Wildman–Crippen MR) is 82.9 cm³/mol. The van der Waals surface area contributed by atoms with Gasteiger partial charge >= 0.3 is 0 Å². The Morgan fingerprint density at radius 1 is 1.43 bits per heavy atom. The molecule has 0 saturated carbocycles. The van der Waals surface area contributed by atoms with Crippen LogP contribution < -0.4 is 10.1 Å². The summed E-state index contributed by atoms with van der Waals surface area (Å²) in [4.78, 5) is 11.6. The summed E-state index contributed by atoms with van der Waals surface area (Å²) in [5.74, 6) is 1.70. The molecule has 21 heavy (non-hydrogen) atoms. The number of piperidine rings is 1. The van der Waals surface area contributed by atoms with E-state index >= 15 is 0 Å². The fourth-order valence-corrected chi connectivity index (χ4v) is 3.15. The Labute approximate surface area is 126 Å². The Kier molecular flexibility index (Phi) is 5.62. The summed E-state index contributed by atoms with van der Waals surface area (Å²) >= 11 is 0. The topological polar surface area (TPSA) is 58.6 Å². The minimum atomic E-state index is 0.143. The third kappa shape index (κ3) is 4.46. The molecule has 1 aliphatic rings. The SMILES string of the molecule is COc1cc(C(CC(C)=O)CC2CCNCC2)ccc1O. The fourth-order valence-electron chi connectivity index (χ4n) is 3.15. The van der Waals surface area contributed by atoms with Crippen molar-refractivity contribution in [2.24, 2.45) is 5.92 Å². The maximum absolute atomic E-state index is 11.6. The smallest absolute Gasteiger partial charge is 0.160 e. The fraction of sp³-hybridized carbons (Fsp3) is 0.588. The molecule has 4 nitrogen and oxygen atoms in total. The number of ether oxygens (including phenoxy) is 1. The molecule has 0 radical (unpaired) electrons. The van der Waals surface area contributed by atoms with Gasteiger partial charge in [-0.05, 0) is 68.8 Å². The lowest BCUT2D eigenvalue weighted by molar-refractivity contribution is -0.117. The number of nitrogens with one attached hydrogen (secondary N) is 1. The van der Waals surface area contributed by atoms with Gasteiger partial charge in [-0.1, -0.05) is 6.07 Å². The molecular formula is C17H25NO3. The van der Waals surface area contributed by atoms with Gasteiger partial charge in [0, 0.05) is 6.42 Å². The van der Waals surface area contributed by atoms with Crippen LogP contribution in [0.4, 0.5) is 0 Å². The third-order valence-corrected chi connectivity index (χ3v) is 4.29. The van der Waals surface area contributed by atoms with E-state index in [0.29, 0.717) is 18.1 Å². The first kappa shape index (κ1) is 15.8. The number of aromatic hydroxyl groups is 1. The highest BCUT2D eigenvalue weighted by atomic mass is 16.5. The van der Waals surface area contributed by atoms with Crippen LogP contribution in [0.3, 0.4) is 0 Å². The Morgan fingerprint density at radius 3 is 2.76 bits per heavy atom. The molecule has 0 aromatic heterocycles. The molecular weight excluding hydrogens is 266 g/mol. The first-order chi connectivity index (χ1) is 10.1. The van der Waals surface area contributed by atoms with Gasteiger partial charge in [-0.3, -0.25) is 0 Å². The van der Waals surface area contributed by atoms with E-state index in [2.05, 4.69) is 5.32 Å². The van der Waals surface area contributed by atoms with Crippen molar-refractivity contribution >= 4 is 5.78 Å². The average molecular weight is 291 g/mol. The van der Waals surface area contributed by atoms with Crippen LogP contribution >= 0.6 is 0 Å². The highest BCUT2D eigenvalue weighted by Crippen LogP contribution is 2.35. The van der Waals surface area contributed by atoms with Gasteiger partial charge in [-0.2, -0.15) is 0 Å². The van der Waals surface area contributed by atoms with E-state index in [1.807, 2.05) is 12.1 Å². The second-order valence-electron chi connectivity index (χ2n) is 5.96. The molecule has 2 rings (SSSR count). The summed E-state index contributed by atoms with van der Waals surface area (Å²) in [6.45, 7) is 3.78. The number of hydrogen-bond acceptors (Lipinski definition) is 4. The predicted octanol–water partition coefficient (Wildman–Crippen LogP) is 2.85. The van der Waals surface area contributed by atoms with Crippen molar-refractivity contribution in [1.82, 2.24) is 5.32 Å².